The van der Waals surface area contributed by atoms with Crippen molar-refractivity contribution in [2.24, 2.45) is 5.73 Å². The van der Waals surface area contributed by atoms with Crippen LogP contribution < -0.4 is 5.73 Å². The second-order valence-electron chi connectivity index (χ2n) is 5.83. The fraction of sp³-hybridized carbons (Fsp3) is 0.588. The predicted molar refractivity (Wildman–Crippen MR) is 82.9 cm³/mol. The molecule has 1 aliphatic carbocycles. The summed E-state index contributed by atoms with van der Waals surface area (Å²) >= 11 is 0. The molecular formula is C17H26N2O. The van der Waals surface area contributed by atoms with E-state index in [0.717, 1.165) is 36.9 Å². The van der Waals surface area contributed by atoms with Crippen LogP contribution in [0, 0.1) is 13.8 Å². The van der Waals surface area contributed by atoms with Gasteiger partial charge < -0.3 is 10.6 Å². The van der Waals surface area contributed by atoms with E-state index in [9.17, 15) is 4.79 Å². The summed E-state index contributed by atoms with van der Waals surface area (Å²) in [7, 11) is 0. The second-order valence-corrected chi connectivity index (χ2v) is 5.83. The fourth-order valence-electron chi connectivity index (χ4n) is 3.07. The number of nitrogens with zero attached hydrogens (tertiary/aromatic N) is 1. The standard InChI is InChI=1S/C17H26N2O/c1-13-7-5-10-16(14(13)2)17(20)19(12-6-11-18)15-8-3-4-9-15/h5,7,10,15H,3-4,6,8-9,11-12,18H2,1-2H3. The Morgan fingerprint density at radius 3 is 2.65 bits per heavy atom. The van der Waals surface area contributed by atoms with E-state index in [0.29, 0.717) is 12.6 Å². The maximum Gasteiger partial charge on any atom is 0.254 e. The first-order chi connectivity index (χ1) is 9.65. The van der Waals surface area contributed by atoms with Crippen LogP contribution in [0.3, 0.4) is 0 Å². The quantitative estimate of drug-likeness (QED) is 0.897. The zero-order valence-electron chi connectivity index (χ0n) is 12.7. The van der Waals surface area contributed by atoms with Crippen molar-refractivity contribution in [3.63, 3.8) is 0 Å². The smallest absolute Gasteiger partial charge is 0.254 e. The van der Waals surface area contributed by atoms with E-state index in [4.69, 9.17) is 5.73 Å². The third-order valence-electron chi connectivity index (χ3n) is 4.46. The molecule has 1 amide bonds. The molecule has 0 saturated heterocycles. The average Bonchev–Trinajstić information content (AvgIpc) is 2.96. The first kappa shape index (κ1) is 15.0. The van der Waals surface area contributed by atoms with Gasteiger partial charge >= 0.3 is 0 Å². The zero-order chi connectivity index (χ0) is 14.5. The van der Waals surface area contributed by atoms with Gasteiger partial charge in [-0.2, -0.15) is 0 Å². The Morgan fingerprint density at radius 2 is 2.00 bits per heavy atom. The van der Waals surface area contributed by atoms with Crippen molar-refractivity contribution in [3.05, 3.63) is 34.9 Å². The van der Waals surface area contributed by atoms with E-state index in [-0.39, 0.29) is 5.91 Å². The van der Waals surface area contributed by atoms with Crippen molar-refractivity contribution in [1.82, 2.24) is 4.90 Å². The monoisotopic (exact) mass is 274 g/mol. The summed E-state index contributed by atoms with van der Waals surface area (Å²) in [6, 6.07) is 6.40. The molecule has 0 aliphatic heterocycles. The van der Waals surface area contributed by atoms with Gasteiger partial charge in [-0.05, 0) is 56.8 Å². The second kappa shape index (κ2) is 6.89. The van der Waals surface area contributed by atoms with Crippen LogP contribution in [-0.4, -0.2) is 29.9 Å². The number of aryl methyl sites for hydroxylation is 1. The van der Waals surface area contributed by atoms with Gasteiger partial charge in [0, 0.05) is 18.2 Å². The van der Waals surface area contributed by atoms with Crippen LogP contribution in [0.25, 0.3) is 0 Å². The molecule has 0 radical (unpaired) electrons. The number of nitrogens with two attached hydrogens (primary N) is 1. The van der Waals surface area contributed by atoms with Crippen LogP contribution in [-0.2, 0) is 0 Å². The summed E-state index contributed by atoms with van der Waals surface area (Å²) in [4.78, 5) is 15.0. The van der Waals surface area contributed by atoms with Gasteiger partial charge in [-0.1, -0.05) is 25.0 Å². The molecule has 1 saturated carbocycles. The Bertz CT molecular complexity index is 464. The minimum Gasteiger partial charge on any atom is -0.336 e. The predicted octanol–water partition coefficient (Wildman–Crippen LogP) is 3.04. The van der Waals surface area contributed by atoms with Gasteiger partial charge in [-0.25, -0.2) is 0 Å². The summed E-state index contributed by atoms with van der Waals surface area (Å²) in [6.07, 6.45) is 5.64. The summed E-state index contributed by atoms with van der Waals surface area (Å²) in [6.45, 7) is 5.53. The summed E-state index contributed by atoms with van der Waals surface area (Å²) in [5.74, 6) is 0.187. The lowest BCUT2D eigenvalue weighted by Gasteiger charge is -2.29. The summed E-state index contributed by atoms with van der Waals surface area (Å²) in [5, 5.41) is 0. The highest BCUT2D eigenvalue weighted by atomic mass is 16.2. The molecule has 0 unspecified atom stereocenters. The van der Waals surface area contributed by atoms with Crippen molar-refractivity contribution in [1.29, 1.82) is 0 Å². The molecule has 0 aromatic heterocycles. The van der Waals surface area contributed by atoms with Crippen molar-refractivity contribution < 1.29 is 4.79 Å². The molecule has 2 rings (SSSR count). The lowest BCUT2D eigenvalue weighted by molar-refractivity contribution is 0.0679. The first-order valence-electron chi connectivity index (χ1n) is 7.72. The zero-order valence-corrected chi connectivity index (χ0v) is 12.7. The van der Waals surface area contributed by atoms with E-state index >= 15 is 0 Å². The van der Waals surface area contributed by atoms with E-state index in [2.05, 4.69) is 17.9 Å². The highest BCUT2D eigenvalue weighted by Crippen LogP contribution is 2.26. The molecule has 3 heteroatoms. The fourth-order valence-corrected chi connectivity index (χ4v) is 3.07. The Kier molecular flexibility index (Phi) is 5.18. The van der Waals surface area contributed by atoms with Gasteiger partial charge in [0.25, 0.3) is 5.91 Å². The summed E-state index contributed by atoms with van der Waals surface area (Å²) < 4.78 is 0. The third kappa shape index (κ3) is 3.21. The van der Waals surface area contributed by atoms with E-state index in [1.54, 1.807) is 0 Å². The number of hydrogen-bond acceptors (Lipinski definition) is 2. The lowest BCUT2D eigenvalue weighted by Crippen LogP contribution is -2.40. The van der Waals surface area contributed by atoms with Crippen LogP contribution in [0.15, 0.2) is 18.2 Å². The number of amides is 1. The minimum atomic E-state index is 0.187. The Morgan fingerprint density at radius 1 is 1.30 bits per heavy atom. The molecule has 20 heavy (non-hydrogen) atoms. The van der Waals surface area contributed by atoms with Gasteiger partial charge in [-0.3, -0.25) is 4.79 Å². The molecule has 1 aromatic carbocycles. The van der Waals surface area contributed by atoms with Crippen molar-refractivity contribution in [2.75, 3.05) is 13.1 Å². The van der Waals surface area contributed by atoms with Crippen molar-refractivity contribution in [2.45, 2.75) is 52.0 Å². The molecule has 0 bridgehead atoms. The van der Waals surface area contributed by atoms with Crippen LogP contribution in [0.4, 0.5) is 0 Å². The molecule has 3 nitrogen and oxygen atoms in total. The first-order valence-corrected chi connectivity index (χ1v) is 7.72. The Balaban J connectivity index is 2.22. The number of rotatable bonds is 5. The lowest BCUT2D eigenvalue weighted by atomic mass is 10.0. The van der Waals surface area contributed by atoms with Gasteiger partial charge in [0.05, 0.1) is 0 Å². The molecule has 110 valence electrons. The number of hydrogen-bond donors (Lipinski definition) is 1. The topological polar surface area (TPSA) is 46.3 Å². The largest absolute Gasteiger partial charge is 0.336 e. The SMILES string of the molecule is Cc1cccc(C(=O)N(CCCN)C2CCCC2)c1C. The molecule has 0 heterocycles. The Labute approximate surface area is 122 Å². The van der Waals surface area contributed by atoms with Crippen LogP contribution in [0.5, 0.6) is 0 Å². The molecule has 1 aromatic rings. The van der Waals surface area contributed by atoms with Crippen molar-refractivity contribution in [3.8, 4) is 0 Å². The number of carbonyl (C=O) groups is 1. The number of carbonyl (C=O) groups excluding carboxylic acids is 1. The average molecular weight is 274 g/mol. The molecule has 1 aliphatic rings. The number of benzene rings is 1. The molecule has 1 fully saturated rings. The Hall–Kier alpha value is -1.35. The third-order valence-corrected chi connectivity index (χ3v) is 4.46. The molecule has 0 spiro atoms. The van der Waals surface area contributed by atoms with E-state index < -0.39 is 0 Å². The van der Waals surface area contributed by atoms with Crippen LogP contribution >= 0.6 is 0 Å². The summed E-state index contributed by atoms with van der Waals surface area (Å²) in [5.41, 5.74) is 8.77. The highest BCUT2D eigenvalue weighted by Gasteiger charge is 2.27. The minimum absolute atomic E-state index is 0.187. The molecule has 0 atom stereocenters. The molecule has 2 N–H and O–H groups in total. The maximum absolute atomic E-state index is 12.9. The van der Waals surface area contributed by atoms with Crippen LogP contribution in [0.2, 0.25) is 0 Å². The molecular weight excluding hydrogens is 248 g/mol. The van der Waals surface area contributed by atoms with Gasteiger partial charge in [0.1, 0.15) is 0 Å². The van der Waals surface area contributed by atoms with E-state index in [1.165, 1.54) is 18.4 Å². The van der Waals surface area contributed by atoms with Gasteiger partial charge in [0.2, 0.25) is 0 Å². The highest BCUT2D eigenvalue weighted by molar-refractivity contribution is 5.96. The van der Waals surface area contributed by atoms with Gasteiger partial charge in [0.15, 0.2) is 0 Å². The normalized spacial score (nSPS) is 15.6. The maximum atomic E-state index is 12.9. The van der Waals surface area contributed by atoms with Gasteiger partial charge in [-0.15, -0.1) is 0 Å². The van der Waals surface area contributed by atoms with Crippen LogP contribution in [0.1, 0.15) is 53.6 Å². The van der Waals surface area contributed by atoms with E-state index in [1.807, 2.05) is 19.1 Å². The van der Waals surface area contributed by atoms with Crippen molar-refractivity contribution >= 4 is 5.91 Å².